The average Bonchev–Trinajstić information content (AvgIpc) is 3.31. The highest BCUT2D eigenvalue weighted by Gasteiger charge is 2.36. The topological polar surface area (TPSA) is 23.6 Å². The lowest BCUT2D eigenvalue weighted by molar-refractivity contribution is -0.135. The first kappa shape index (κ1) is 22.0. The van der Waals surface area contributed by atoms with Crippen LogP contribution in [0.25, 0.3) is 0 Å². The van der Waals surface area contributed by atoms with Gasteiger partial charge < -0.3 is 4.90 Å². The molecule has 2 atom stereocenters. The molecule has 0 radical (unpaired) electrons. The molecule has 1 saturated heterocycles. The minimum atomic E-state index is -0.199. The summed E-state index contributed by atoms with van der Waals surface area (Å²) in [6.07, 6.45) is 0. The summed E-state index contributed by atoms with van der Waals surface area (Å²) in [4.78, 5) is 18.8. The number of benzene rings is 1. The predicted molar refractivity (Wildman–Crippen MR) is 118 cm³/mol. The molecule has 0 bridgehead atoms. The molecule has 158 valence electrons. The Morgan fingerprint density at radius 3 is 2.48 bits per heavy atom. The highest BCUT2D eigenvalue weighted by atomic mass is 32.1. The summed E-state index contributed by atoms with van der Waals surface area (Å²) in [6, 6.07) is 11.2. The number of nitrogens with zero attached hydrogens (tertiary/aromatic N) is 2. The van der Waals surface area contributed by atoms with Crippen LogP contribution in [0.5, 0.6) is 0 Å². The van der Waals surface area contributed by atoms with Crippen molar-refractivity contribution in [2.45, 2.75) is 40.2 Å². The molecule has 29 heavy (non-hydrogen) atoms. The van der Waals surface area contributed by atoms with Gasteiger partial charge >= 0.3 is 0 Å². The zero-order valence-electron chi connectivity index (χ0n) is 18.0. The zero-order valence-corrected chi connectivity index (χ0v) is 18.8. The van der Waals surface area contributed by atoms with E-state index >= 15 is 0 Å². The summed E-state index contributed by atoms with van der Waals surface area (Å²) in [7, 11) is 0. The van der Waals surface area contributed by atoms with E-state index in [1.807, 2.05) is 26.0 Å². The maximum Gasteiger partial charge on any atom is 0.225 e. The van der Waals surface area contributed by atoms with Gasteiger partial charge in [-0.3, -0.25) is 9.69 Å². The van der Waals surface area contributed by atoms with Crippen LogP contribution >= 0.6 is 11.3 Å². The summed E-state index contributed by atoms with van der Waals surface area (Å²) >= 11 is 1.79. The molecule has 5 heteroatoms. The van der Waals surface area contributed by atoms with Crippen molar-refractivity contribution >= 4 is 17.2 Å². The fourth-order valence-electron chi connectivity index (χ4n) is 4.33. The van der Waals surface area contributed by atoms with Crippen molar-refractivity contribution in [3.8, 4) is 0 Å². The third-order valence-corrected chi connectivity index (χ3v) is 6.48. The van der Waals surface area contributed by atoms with E-state index < -0.39 is 0 Å². The first-order valence-corrected chi connectivity index (χ1v) is 11.5. The molecule has 1 aliphatic rings. The number of hydrogen-bond acceptors (Lipinski definition) is 3. The highest BCUT2D eigenvalue weighted by molar-refractivity contribution is 7.09. The maximum absolute atomic E-state index is 13.5. The van der Waals surface area contributed by atoms with Crippen LogP contribution in [-0.4, -0.2) is 41.9 Å². The average molecular weight is 417 g/mol. The second-order valence-corrected chi connectivity index (χ2v) is 10.0. The Morgan fingerprint density at radius 2 is 1.90 bits per heavy atom. The van der Waals surface area contributed by atoms with E-state index in [-0.39, 0.29) is 17.6 Å². The van der Waals surface area contributed by atoms with Crippen molar-refractivity contribution < 1.29 is 9.18 Å². The smallest absolute Gasteiger partial charge is 0.225 e. The van der Waals surface area contributed by atoms with Gasteiger partial charge in [0.15, 0.2) is 0 Å². The molecule has 1 aliphatic heterocycles. The molecule has 2 unspecified atom stereocenters. The summed E-state index contributed by atoms with van der Waals surface area (Å²) in [6.45, 7) is 12.7. The van der Waals surface area contributed by atoms with Gasteiger partial charge in [0.05, 0.1) is 0 Å². The molecule has 2 heterocycles. The molecule has 1 aromatic carbocycles. The standard InChI is InChI=1S/C24H33FN2OS/c1-17(2)12-27(24(28)18(3)4)14-20-13-26(15-22-6-5-11-29-22)16-23(20)19-7-9-21(25)10-8-19/h5-11,17-18,20,23H,12-16H2,1-4H3. The SMILES string of the molecule is CC(C)CN(CC1CN(Cc2cccs2)CC1c1ccc(F)cc1)C(=O)C(C)C. The monoisotopic (exact) mass is 416 g/mol. The zero-order chi connectivity index (χ0) is 21.0. The Morgan fingerprint density at radius 1 is 1.17 bits per heavy atom. The number of thiophene rings is 1. The van der Waals surface area contributed by atoms with Crippen LogP contribution in [0.2, 0.25) is 0 Å². The molecule has 3 nitrogen and oxygen atoms in total. The summed E-state index contributed by atoms with van der Waals surface area (Å²) in [5.41, 5.74) is 1.17. The van der Waals surface area contributed by atoms with E-state index in [2.05, 4.69) is 41.2 Å². The van der Waals surface area contributed by atoms with Crippen LogP contribution in [0.3, 0.4) is 0 Å². The largest absolute Gasteiger partial charge is 0.342 e. The van der Waals surface area contributed by atoms with Gasteiger partial charge in [-0.1, -0.05) is 45.9 Å². The molecular weight excluding hydrogens is 383 g/mol. The van der Waals surface area contributed by atoms with Gasteiger partial charge in [0.2, 0.25) is 5.91 Å². The van der Waals surface area contributed by atoms with Gasteiger partial charge in [0.1, 0.15) is 5.82 Å². The molecule has 0 N–H and O–H groups in total. The summed E-state index contributed by atoms with van der Waals surface area (Å²) in [5.74, 6) is 1.13. The number of likely N-dealkylation sites (tertiary alicyclic amines) is 1. The second kappa shape index (κ2) is 9.86. The van der Waals surface area contributed by atoms with Gasteiger partial charge in [-0.25, -0.2) is 4.39 Å². The van der Waals surface area contributed by atoms with Crippen molar-refractivity contribution in [3.63, 3.8) is 0 Å². The molecule has 2 aromatic rings. The first-order valence-electron chi connectivity index (χ1n) is 10.6. The fourth-order valence-corrected chi connectivity index (χ4v) is 5.07. The van der Waals surface area contributed by atoms with E-state index in [4.69, 9.17) is 0 Å². The molecule has 0 saturated carbocycles. The molecule has 3 rings (SSSR count). The van der Waals surface area contributed by atoms with Crippen LogP contribution in [0.1, 0.15) is 44.1 Å². The lowest BCUT2D eigenvalue weighted by Crippen LogP contribution is -2.41. The maximum atomic E-state index is 13.5. The van der Waals surface area contributed by atoms with E-state index in [1.54, 1.807) is 23.5 Å². The Bertz CT molecular complexity index is 773. The van der Waals surface area contributed by atoms with Crippen molar-refractivity contribution in [1.29, 1.82) is 0 Å². The number of hydrogen-bond donors (Lipinski definition) is 0. The van der Waals surface area contributed by atoms with Crippen LogP contribution in [0, 0.1) is 23.6 Å². The van der Waals surface area contributed by atoms with Gasteiger partial charge in [-0.2, -0.15) is 0 Å². The third kappa shape index (κ3) is 5.89. The molecule has 1 aromatic heterocycles. The number of amides is 1. The molecule has 1 amide bonds. The Labute approximate surface area is 178 Å². The minimum absolute atomic E-state index is 0.00152. The van der Waals surface area contributed by atoms with Gasteiger partial charge in [-0.05, 0) is 41.0 Å². The van der Waals surface area contributed by atoms with Gasteiger partial charge in [-0.15, -0.1) is 11.3 Å². The highest BCUT2D eigenvalue weighted by Crippen LogP contribution is 2.35. The lowest BCUT2D eigenvalue weighted by atomic mass is 9.88. The number of carbonyl (C=O) groups is 1. The number of halogens is 1. The van der Waals surface area contributed by atoms with Crippen LogP contribution in [-0.2, 0) is 11.3 Å². The molecule has 0 spiro atoms. The molecular formula is C24H33FN2OS. The van der Waals surface area contributed by atoms with Crippen molar-refractivity contribution in [2.24, 2.45) is 17.8 Å². The van der Waals surface area contributed by atoms with Crippen molar-refractivity contribution in [2.75, 3.05) is 26.2 Å². The predicted octanol–water partition coefficient (Wildman–Crippen LogP) is 5.24. The van der Waals surface area contributed by atoms with E-state index in [0.29, 0.717) is 17.8 Å². The van der Waals surface area contributed by atoms with E-state index in [1.165, 1.54) is 10.4 Å². The summed E-state index contributed by atoms with van der Waals surface area (Å²) < 4.78 is 13.5. The van der Waals surface area contributed by atoms with Gasteiger partial charge in [0, 0.05) is 49.4 Å². The number of carbonyl (C=O) groups excluding carboxylic acids is 1. The molecule has 1 fully saturated rings. The third-order valence-electron chi connectivity index (χ3n) is 5.62. The minimum Gasteiger partial charge on any atom is -0.342 e. The lowest BCUT2D eigenvalue weighted by Gasteiger charge is -2.31. The second-order valence-electron chi connectivity index (χ2n) is 8.98. The van der Waals surface area contributed by atoms with E-state index in [9.17, 15) is 9.18 Å². The first-order chi connectivity index (χ1) is 13.8. The van der Waals surface area contributed by atoms with E-state index in [0.717, 1.165) is 32.7 Å². The Hall–Kier alpha value is -1.72. The molecule has 0 aliphatic carbocycles. The van der Waals surface area contributed by atoms with Gasteiger partial charge in [0.25, 0.3) is 0 Å². The quantitative estimate of drug-likeness (QED) is 0.587. The van der Waals surface area contributed by atoms with Crippen LogP contribution < -0.4 is 0 Å². The van der Waals surface area contributed by atoms with Crippen LogP contribution in [0.4, 0.5) is 4.39 Å². The van der Waals surface area contributed by atoms with Crippen LogP contribution in [0.15, 0.2) is 41.8 Å². The normalized spacial score (nSPS) is 20.0. The summed E-state index contributed by atoms with van der Waals surface area (Å²) in [5, 5.41) is 2.12. The van der Waals surface area contributed by atoms with Crippen molar-refractivity contribution in [1.82, 2.24) is 9.80 Å². The fraction of sp³-hybridized carbons (Fsp3) is 0.542. The van der Waals surface area contributed by atoms with Crippen molar-refractivity contribution in [3.05, 3.63) is 58.0 Å². The number of rotatable bonds is 8. The Kier molecular flexibility index (Phi) is 7.47. The Balaban J connectivity index is 1.80.